The molecular formula is C16H21N3O. The maximum Gasteiger partial charge on any atom is 0.111 e. The molecule has 1 unspecified atom stereocenters. The SMILES string of the molecule is CCc1ccc(Cn2cncc2C2CNCCO2)cc1. The van der Waals surface area contributed by atoms with Gasteiger partial charge in [-0.05, 0) is 17.5 Å². The smallest absolute Gasteiger partial charge is 0.111 e. The van der Waals surface area contributed by atoms with E-state index in [-0.39, 0.29) is 6.10 Å². The van der Waals surface area contributed by atoms with Crippen molar-refractivity contribution in [2.24, 2.45) is 0 Å². The van der Waals surface area contributed by atoms with Gasteiger partial charge < -0.3 is 14.6 Å². The van der Waals surface area contributed by atoms with E-state index in [0.717, 1.165) is 38.4 Å². The molecule has 0 radical (unpaired) electrons. The van der Waals surface area contributed by atoms with E-state index in [9.17, 15) is 0 Å². The normalized spacial score (nSPS) is 19.1. The van der Waals surface area contributed by atoms with Gasteiger partial charge >= 0.3 is 0 Å². The largest absolute Gasteiger partial charge is 0.369 e. The summed E-state index contributed by atoms with van der Waals surface area (Å²) in [5.41, 5.74) is 3.82. The Morgan fingerprint density at radius 1 is 1.30 bits per heavy atom. The van der Waals surface area contributed by atoms with Crippen molar-refractivity contribution in [3.63, 3.8) is 0 Å². The molecule has 0 saturated carbocycles. The minimum Gasteiger partial charge on any atom is -0.369 e. The van der Waals surface area contributed by atoms with Gasteiger partial charge in [0, 0.05) is 19.6 Å². The van der Waals surface area contributed by atoms with Crippen molar-refractivity contribution >= 4 is 0 Å². The lowest BCUT2D eigenvalue weighted by Gasteiger charge is -2.24. The van der Waals surface area contributed by atoms with Gasteiger partial charge in [0.2, 0.25) is 0 Å². The number of imidazole rings is 1. The zero-order valence-corrected chi connectivity index (χ0v) is 11.9. The van der Waals surface area contributed by atoms with Crippen molar-refractivity contribution in [1.29, 1.82) is 0 Å². The molecule has 1 atom stereocenters. The Hall–Kier alpha value is -1.65. The number of hydrogen-bond donors (Lipinski definition) is 1. The molecule has 106 valence electrons. The van der Waals surface area contributed by atoms with E-state index in [2.05, 4.69) is 46.1 Å². The van der Waals surface area contributed by atoms with Gasteiger partial charge in [0.05, 0.1) is 24.8 Å². The highest BCUT2D eigenvalue weighted by molar-refractivity contribution is 5.23. The maximum atomic E-state index is 5.81. The van der Waals surface area contributed by atoms with Gasteiger partial charge in [0.25, 0.3) is 0 Å². The third-order valence-electron chi connectivity index (χ3n) is 3.79. The van der Waals surface area contributed by atoms with E-state index in [1.54, 1.807) is 0 Å². The molecule has 0 amide bonds. The second kappa shape index (κ2) is 6.20. The molecule has 2 aromatic rings. The van der Waals surface area contributed by atoms with E-state index >= 15 is 0 Å². The number of aryl methyl sites for hydroxylation is 1. The maximum absolute atomic E-state index is 5.81. The second-order valence-electron chi connectivity index (χ2n) is 5.18. The van der Waals surface area contributed by atoms with Crippen molar-refractivity contribution in [2.75, 3.05) is 19.7 Å². The number of nitrogens with zero attached hydrogens (tertiary/aromatic N) is 2. The summed E-state index contributed by atoms with van der Waals surface area (Å²) in [5.74, 6) is 0. The van der Waals surface area contributed by atoms with E-state index in [1.165, 1.54) is 11.1 Å². The van der Waals surface area contributed by atoms with Crippen LogP contribution in [0.3, 0.4) is 0 Å². The summed E-state index contributed by atoms with van der Waals surface area (Å²) in [6.45, 7) is 5.58. The summed E-state index contributed by atoms with van der Waals surface area (Å²) in [4.78, 5) is 4.28. The monoisotopic (exact) mass is 271 g/mol. The molecule has 1 aliphatic rings. The van der Waals surface area contributed by atoms with Crippen molar-refractivity contribution < 1.29 is 4.74 Å². The highest BCUT2D eigenvalue weighted by Gasteiger charge is 2.19. The molecule has 1 aliphatic heterocycles. The molecule has 20 heavy (non-hydrogen) atoms. The van der Waals surface area contributed by atoms with Crippen LogP contribution in [0.5, 0.6) is 0 Å². The van der Waals surface area contributed by atoms with Crippen LogP contribution < -0.4 is 5.32 Å². The molecule has 3 rings (SSSR count). The van der Waals surface area contributed by atoms with E-state index in [1.807, 2.05) is 12.5 Å². The Labute approximate surface area is 119 Å². The summed E-state index contributed by atoms with van der Waals surface area (Å²) in [6, 6.07) is 8.79. The summed E-state index contributed by atoms with van der Waals surface area (Å²) in [7, 11) is 0. The fourth-order valence-corrected chi connectivity index (χ4v) is 2.56. The van der Waals surface area contributed by atoms with Crippen LogP contribution in [0.2, 0.25) is 0 Å². The highest BCUT2D eigenvalue weighted by atomic mass is 16.5. The molecule has 4 nitrogen and oxygen atoms in total. The fourth-order valence-electron chi connectivity index (χ4n) is 2.56. The first-order chi connectivity index (χ1) is 9.86. The standard InChI is InChI=1S/C16H21N3O/c1-2-13-3-5-14(6-4-13)11-19-12-18-9-15(19)16-10-17-7-8-20-16/h3-6,9,12,16-17H,2,7-8,10-11H2,1H3. The van der Waals surface area contributed by atoms with Gasteiger partial charge in [-0.15, -0.1) is 0 Å². The molecule has 0 spiro atoms. The number of rotatable bonds is 4. The first kappa shape index (κ1) is 13.3. The first-order valence-corrected chi connectivity index (χ1v) is 7.27. The Kier molecular flexibility index (Phi) is 4.14. The Bertz CT molecular complexity index is 541. The quantitative estimate of drug-likeness (QED) is 0.926. The summed E-state index contributed by atoms with van der Waals surface area (Å²) >= 11 is 0. The number of benzene rings is 1. The molecule has 1 saturated heterocycles. The van der Waals surface area contributed by atoms with Gasteiger partial charge in [0.15, 0.2) is 0 Å². The zero-order valence-electron chi connectivity index (χ0n) is 11.9. The third-order valence-corrected chi connectivity index (χ3v) is 3.79. The van der Waals surface area contributed by atoms with Crippen LogP contribution in [-0.4, -0.2) is 29.2 Å². The van der Waals surface area contributed by atoms with E-state index in [4.69, 9.17) is 4.74 Å². The van der Waals surface area contributed by atoms with Crippen LogP contribution in [0.25, 0.3) is 0 Å². The average molecular weight is 271 g/mol. The predicted octanol–water partition coefficient (Wildman–Crippen LogP) is 2.15. The van der Waals surface area contributed by atoms with Gasteiger partial charge in [-0.2, -0.15) is 0 Å². The van der Waals surface area contributed by atoms with Gasteiger partial charge in [-0.25, -0.2) is 4.98 Å². The summed E-state index contributed by atoms with van der Waals surface area (Å²) in [5, 5.41) is 3.36. The molecule has 0 bridgehead atoms. The van der Waals surface area contributed by atoms with Crippen LogP contribution in [0.4, 0.5) is 0 Å². The van der Waals surface area contributed by atoms with E-state index in [0.29, 0.717) is 0 Å². The third kappa shape index (κ3) is 2.92. The predicted molar refractivity (Wildman–Crippen MR) is 78.7 cm³/mol. The van der Waals surface area contributed by atoms with Gasteiger partial charge in [0.1, 0.15) is 6.10 Å². The van der Waals surface area contributed by atoms with Gasteiger partial charge in [-0.3, -0.25) is 0 Å². The number of ether oxygens (including phenoxy) is 1. The number of morpholine rings is 1. The number of hydrogen-bond acceptors (Lipinski definition) is 3. The Balaban J connectivity index is 1.75. The number of aromatic nitrogens is 2. The topological polar surface area (TPSA) is 39.1 Å². The van der Waals surface area contributed by atoms with Crippen molar-refractivity contribution in [3.8, 4) is 0 Å². The molecular weight excluding hydrogens is 250 g/mol. The molecule has 1 N–H and O–H groups in total. The minimum absolute atomic E-state index is 0.112. The Morgan fingerprint density at radius 3 is 2.80 bits per heavy atom. The van der Waals surface area contributed by atoms with Crippen LogP contribution in [0.1, 0.15) is 29.8 Å². The summed E-state index contributed by atoms with van der Waals surface area (Å²) in [6.07, 6.45) is 5.00. The molecule has 4 heteroatoms. The second-order valence-corrected chi connectivity index (χ2v) is 5.18. The lowest BCUT2D eigenvalue weighted by atomic mass is 10.1. The lowest BCUT2D eigenvalue weighted by Crippen LogP contribution is -2.34. The van der Waals surface area contributed by atoms with Crippen LogP contribution in [0, 0.1) is 0 Å². The highest BCUT2D eigenvalue weighted by Crippen LogP contribution is 2.19. The summed E-state index contributed by atoms with van der Waals surface area (Å²) < 4.78 is 7.99. The lowest BCUT2D eigenvalue weighted by molar-refractivity contribution is 0.0230. The Morgan fingerprint density at radius 2 is 2.10 bits per heavy atom. The first-order valence-electron chi connectivity index (χ1n) is 7.27. The van der Waals surface area contributed by atoms with Gasteiger partial charge in [-0.1, -0.05) is 31.2 Å². The zero-order chi connectivity index (χ0) is 13.8. The average Bonchev–Trinajstić information content (AvgIpc) is 2.97. The fraction of sp³-hybridized carbons (Fsp3) is 0.438. The van der Waals surface area contributed by atoms with Crippen LogP contribution in [-0.2, 0) is 17.7 Å². The number of nitrogens with one attached hydrogen (secondary N) is 1. The van der Waals surface area contributed by atoms with E-state index < -0.39 is 0 Å². The van der Waals surface area contributed by atoms with Crippen LogP contribution >= 0.6 is 0 Å². The molecule has 1 fully saturated rings. The molecule has 1 aromatic heterocycles. The van der Waals surface area contributed by atoms with Crippen molar-refractivity contribution in [3.05, 3.63) is 53.6 Å². The molecule has 1 aromatic carbocycles. The van der Waals surface area contributed by atoms with Crippen molar-refractivity contribution in [2.45, 2.75) is 26.0 Å². The van der Waals surface area contributed by atoms with Crippen molar-refractivity contribution in [1.82, 2.24) is 14.9 Å². The molecule has 0 aliphatic carbocycles. The molecule has 2 heterocycles. The van der Waals surface area contributed by atoms with Crippen LogP contribution in [0.15, 0.2) is 36.8 Å². The minimum atomic E-state index is 0.112.